The van der Waals surface area contributed by atoms with Crippen molar-refractivity contribution < 1.29 is 4.74 Å². The molecule has 5 heteroatoms. The molecule has 0 aliphatic rings. The Labute approximate surface area is 114 Å². The maximum Gasteiger partial charge on any atom is 0.159 e. The quantitative estimate of drug-likeness (QED) is 0.947. The molecule has 0 spiro atoms. The first kappa shape index (κ1) is 13.0. The molecule has 1 aromatic carbocycles. The molecule has 0 bridgehead atoms. The largest absolute Gasteiger partial charge is 0.496 e. The minimum absolute atomic E-state index is 0.457. The van der Waals surface area contributed by atoms with E-state index in [1.807, 2.05) is 25.1 Å². The summed E-state index contributed by atoms with van der Waals surface area (Å²) in [6.07, 6.45) is 1.77. The third-order valence-electron chi connectivity index (χ3n) is 2.71. The summed E-state index contributed by atoms with van der Waals surface area (Å²) in [7, 11) is 1.64. The Kier molecular flexibility index (Phi) is 3.93. The molecular weight excluding hydrogens is 294 g/mol. The minimum Gasteiger partial charge on any atom is -0.496 e. The minimum atomic E-state index is 0.457. The van der Waals surface area contributed by atoms with E-state index < -0.39 is 0 Å². The van der Waals surface area contributed by atoms with Crippen molar-refractivity contribution in [3.63, 3.8) is 0 Å². The zero-order valence-corrected chi connectivity index (χ0v) is 11.9. The van der Waals surface area contributed by atoms with Crippen LogP contribution in [0.3, 0.4) is 0 Å². The fourth-order valence-electron chi connectivity index (χ4n) is 1.64. The number of halogens is 1. The van der Waals surface area contributed by atoms with Crippen molar-refractivity contribution in [1.82, 2.24) is 9.97 Å². The Morgan fingerprint density at radius 3 is 2.72 bits per heavy atom. The summed E-state index contributed by atoms with van der Waals surface area (Å²) >= 11 is 3.45. The molecule has 0 atom stereocenters. The van der Waals surface area contributed by atoms with Crippen molar-refractivity contribution in [2.75, 3.05) is 7.11 Å². The molecule has 4 nitrogen and oxygen atoms in total. The lowest BCUT2D eigenvalue weighted by Crippen LogP contribution is -2.03. The second-order valence-corrected chi connectivity index (χ2v) is 4.71. The van der Waals surface area contributed by atoms with Gasteiger partial charge in [0.25, 0.3) is 0 Å². The summed E-state index contributed by atoms with van der Waals surface area (Å²) in [4.78, 5) is 8.78. The van der Waals surface area contributed by atoms with Gasteiger partial charge in [-0.25, -0.2) is 9.97 Å². The van der Waals surface area contributed by atoms with Crippen LogP contribution in [-0.2, 0) is 6.54 Å². The summed E-state index contributed by atoms with van der Waals surface area (Å²) in [6.45, 7) is 2.39. The molecule has 2 aromatic rings. The molecular formula is C13H14BrN3O. The lowest BCUT2D eigenvalue weighted by molar-refractivity contribution is 0.412. The fraction of sp³-hybridized carbons (Fsp3) is 0.231. The average molecular weight is 308 g/mol. The molecule has 0 amide bonds. The van der Waals surface area contributed by atoms with Gasteiger partial charge >= 0.3 is 0 Å². The molecule has 1 heterocycles. The lowest BCUT2D eigenvalue weighted by Gasteiger charge is -2.07. The highest BCUT2D eigenvalue weighted by atomic mass is 79.9. The third kappa shape index (κ3) is 2.52. The van der Waals surface area contributed by atoms with E-state index in [0.717, 1.165) is 27.0 Å². The summed E-state index contributed by atoms with van der Waals surface area (Å²) in [5.41, 5.74) is 8.41. The number of rotatable bonds is 3. The average Bonchev–Trinajstić information content (AvgIpc) is 2.38. The standard InChI is InChI=1S/C13H14BrN3O/c1-8-10(6-15)7-16-13(17-8)9-3-4-12(18-2)11(14)5-9/h3-5,7H,6,15H2,1-2H3. The predicted molar refractivity (Wildman–Crippen MR) is 74.3 cm³/mol. The molecule has 0 aliphatic heterocycles. The normalized spacial score (nSPS) is 10.4. The second-order valence-electron chi connectivity index (χ2n) is 3.86. The molecule has 0 unspecified atom stereocenters. The van der Waals surface area contributed by atoms with Crippen LogP contribution in [0.4, 0.5) is 0 Å². The van der Waals surface area contributed by atoms with E-state index in [0.29, 0.717) is 12.4 Å². The number of aryl methyl sites for hydroxylation is 1. The Hall–Kier alpha value is -1.46. The topological polar surface area (TPSA) is 61.0 Å². The van der Waals surface area contributed by atoms with Gasteiger partial charge in [-0.15, -0.1) is 0 Å². The number of nitrogens with two attached hydrogens (primary N) is 1. The smallest absolute Gasteiger partial charge is 0.159 e. The van der Waals surface area contributed by atoms with Gasteiger partial charge in [-0.2, -0.15) is 0 Å². The van der Waals surface area contributed by atoms with Crippen LogP contribution in [0, 0.1) is 6.92 Å². The fourth-order valence-corrected chi connectivity index (χ4v) is 2.18. The van der Waals surface area contributed by atoms with Crippen molar-refractivity contribution in [1.29, 1.82) is 0 Å². The first-order valence-electron chi connectivity index (χ1n) is 5.52. The molecule has 2 N–H and O–H groups in total. The first-order valence-corrected chi connectivity index (χ1v) is 6.31. The summed E-state index contributed by atoms with van der Waals surface area (Å²) in [6, 6.07) is 5.76. The van der Waals surface area contributed by atoms with E-state index in [1.54, 1.807) is 13.3 Å². The summed E-state index contributed by atoms with van der Waals surface area (Å²) < 4.78 is 6.07. The van der Waals surface area contributed by atoms with E-state index in [4.69, 9.17) is 10.5 Å². The van der Waals surface area contributed by atoms with Gasteiger partial charge in [0.15, 0.2) is 5.82 Å². The molecule has 2 rings (SSSR count). The number of nitrogens with zero attached hydrogens (tertiary/aromatic N) is 2. The zero-order chi connectivity index (χ0) is 13.1. The third-order valence-corrected chi connectivity index (χ3v) is 3.33. The van der Waals surface area contributed by atoms with Gasteiger partial charge in [-0.1, -0.05) is 0 Å². The van der Waals surface area contributed by atoms with Crippen LogP contribution in [-0.4, -0.2) is 17.1 Å². The summed E-state index contributed by atoms with van der Waals surface area (Å²) in [5.74, 6) is 1.47. The highest BCUT2D eigenvalue weighted by molar-refractivity contribution is 9.10. The molecule has 0 fully saturated rings. The SMILES string of the molecule is COc1ccc(-c2ncc(CN)c(C)n2)cc1Br. The van der Waals surface area contributed by atoms with Crippen LogP contribution in [0.25, 0.3) is 11.4 Å². The molecule has 94 valence electrons. The molecule has 0 radical (unpaired) electrons. The van der Waals surface area contributed by atoms with Gasteiger partial charge in [0.05, 0.1) is 11.6 Å². The molecule has 1 aromatic heterocycles. The number of ether oxygens (including phenoxy) is 1. The van der Waals surface area contributed by atoms with Crippen LogP contribution in [0.2, 0.25) is 0 Å². The Morgan fingerprint density at radius 1 is 1.39 bits per heavy atom. The highest BCUT2D eigenvalue weighted by Gasteiger charge is 2.07. The Morgan fingerprint density at radius 2 is 2.17 bits per heavy atom. The van der Waals surface area contributed by atoms with E-state index in [2.05, 4.69) is 25.9 Å². The molecule has 0 aliphatic carbocycles. The zero-order valence-electron chi connectivity index (χ0n) is 10.3. The molecule has 18 heavy (non-hydrogen) atoms. The number of benzene rings is 1. The van der Waals surface area contributed by atoms with Crippen LogP contribution < -0.4 is 10.5 Å². The van der Waals surface area contributed by atoms with Gasteiger partial charge < -0.3 is 10.5 Å². The monoisotopic (exact) mass is 307 g/mol. The van der Waals surface area contributed by atoms with Gasteiger partial charge in [0.2, 0.25) is 0 Å². The second kappa shape index (κ2) is 5.46. The van der Waals surface area contributed by atoms with Gasteiger partial charge in [0, 0.05) is 29.6 Å². The molecule has 0 saturated heterocycles. The number of methoxy groups -OCH3 is 1. The number of hydrogen-bond donors (Lipinski definition) is 1. The van der Waals surface area contributed by atoms with Crippen molar-refractivity contribution in [3.8, 4) is 17.1 Å². The number of hydrogen-bond acceptors (Lipinski definition) is 4. The van der Waals surface area contributed by atoms with Crippen molar-refractivity contribution >= 4 is 15.9 Å². The van der Waals surface area contributed by atoms with E-state index >= 15 is 0 Å². The van der Waals surface area contributed by atoms with Crippen molar-refractivity contribution in [3.05, 3.63) is 40.1 Å². The van der Waals surface area contributed by atoms with Gasteiger partial charge in [-0.05, 0) is 41.1 Å². The van der Waals surface area contributed by atoms with Crippen molar-refractivity contribution in [2.45, 2.75) is 13.5 Å². The van der Waals surface area contributed by atoms with E-state index in [1.165, 1.54) is 0 Å². The maximum absolute atomic E-state index is 5.60. The Balaban J connectivity index is 2.42. The van der Waals surface area contributed by atoms with Crippen molar-refractivity contribution in [2.24, 2.45) is 5.73 Å². The van der Waals surface area contributed by atoms with Crippen LogP contribution in [0.5, 0.6) is 5.75 Å². The maximum atomic E-state index is 5.60. The van der Waals surface area contributed by atoms with E-state index in [-0.39, 0.29) is 0 Å². The lowest BCUT2D eigenvalue weighted by atomic mass is 10.2. The molecule has 0 saturated carbocycles. The Bertz CT molecular complexity index is 521. The summed E-state index contributed by atoms with van der Waals surface area (Å²) in [5, 5.41) is 0. The highest BCUT2D eigenvalue weighted by Crippen LogP contribution is 2.29. The predicted octanol–water partition coefficient (Wildman–Crippen LogP) is 2.68. The van der Waals surface area contributed by atoms with Crippen LogP contribution in [0.15, 0.2) is 28.9 Å². The van der Waals surface area contributed by atoms with Gasteiger partial charge in [0.1, 0.15) is 5.75 Å². The number of aromatic nitrogens is 2. The van der Waals surface area contributed by atoms with E-state index in [9.17, 15) is 0 Å². The van der Waals surface area contributed by atoms with Crippen LogP contribution in [0.1, 0.15) is 11.3 Å². The van der Waals surface area contributed by atoms with Gasteiger partial charge in [-0.3, -0.25) is 0 Å². The first-order chi connectivity index (χ1) is 8.65. The van der Waals surface area contributed by atoms with Crippen LogP contribution >= 0.6 is 15.9 Å².